The Morgan fingerprint density at radius 1 is 1.04 bits per heavy atom. The minimum Gasteiger partial charge on any atom is -0.368 e. The molecule has 120 valence electrons. The van der Waals surface area contributed by atoms with Gasteiger partial charge < -0.3 is 10.6 Å². The third-order valence-corrected chi connectivity index (χ3v) is 3.91. The Hall–Kier alpha value is -2.26. The number of hydrogen-bond donors (Lipinski definition) is 3. The number of amides is 1. The van der Waals surface area contributed by atoms with E-state index in [0.29, 0.717) is 23.7 Å². The number of carbonyl (C=O) groups excluding carboxylic acids is 1. The van der Waals surface area contributed by atoms with Crippen LogP contribution in [-0.2, 0) is 0 Å². The van der Waals surface area contributed by atoms with Gasteiger partial charge >= 0.3 is 0 Å². The Morgan fingerprint density at radius 3 is 2.43 bits per heavy atom. The highest BCUT2D eigenvalue weighted by Crippen LogP contribution is 2.32. The SMILES string of the molecule is O=C(Nc1cc(F)c(F)c(F)c1)c1cc(F)c2c(c1)SNCN2. The van der Waals surface area contributed by atoms with Crippen molar-refractivity contribution in [3.63, 3.8) is 0 Å². The first-order valence-electron chi connectivity index (χ1n) is 6.38. The Morgan fingerprint density at radius 2 is 1.74 bits per heavy atom. The van der Waals surface area contributed by atoms with Crippen molar-refractivity contribution >= 4 is 29.2 Å². The molecule has 3 rings (SSSR count). The van der Waals surface area contributed by atoms with Gasteiger partial charge in [-0.2, -0.15) is 0 Å². The number of halogens is 4. The number of nitrogens with one attached hydrogen (secondary N) is 3. The van der Waals surface area contributed by atoms with E-state index < -0.39 is 29.2 Å². The molecule has 2 aromatic carbocycles. The molecule has 0 unspecified atom stereocenters. The van der Waals surface area contributed by atoms with Gasteiger partial charge in [-0.1, -0.05) is 0 Å². The normalized spacial score (nSPS) is 13.2. The fraction of sp³-hybridized carbons (Fsp3) is 0.0714. The average molecular weight is 343 g/mol. The molecule has 0 spiro atoms. The molecule has 0 aliphatic carbocycles. The minimum absolute atomic E-state index is 0.0376. The van der Waals surface area contributed by atoms with E-state index in [2.05, 4.69) is 15.4 Å². The third-order valence-electron chi connectivity index (χ3n) is 3.08. The second-order valence-corrected chi connectivity index (χ2v) is 5.57. The lowest BCUT2D eigenvalue weighted by Gasteiger charge is -2.19. The maximum atomic E-state index is 14.0. The van der Waals surface area contributed by atoms with Crippen molar-refractivity contribution in [2.45, 2.75) is 4.90 Å². The van der Waals surface area contributed by atoms with Gasteiger partial charge in [-0.3, -0.25) is 4.79 Å². The van der Waals surface area contributed by atoms with Crippen LogP contribution in [0.4, 0.5) is 28.9 Å². The van der Waals surface area contributed by atoms with Crippen LogP contribution in [0.15, 0.2) is 29.2 Å². The molecule has 2 aromatic rings. The van der Waals surface area contributed by atoms with Crippen LogP contribution in [0, 0.1) is 23.3 Å². The number of rotatable bonds is 2. The molecule has 4 nitrogen and oxygen atoms in total. The zero-order chi connectivity index (χ0) is 16.6. The van der Waals surface area contributed by atoms with Gasteiger partial charge in [0.2, 0.25) is 0 Å². The molecule has 0 fully saturated rings. The molecule has 1 heterocycles. The van der Waals surface area contributed by atoms with Crippen LogP contribution < -0.4 is 15.4 Å². The highest BCUT2D eigenvalue weighted by atomic mass is 32.2. The molecule has 0 atom stereocenters. The minimum atomic E-state index is -1.63. The predicted octanol–water partition coefficient (Wildman–Crippen LogP) is 3.48. The van der Waals surface area contributed by atoms with Crippen molar-refractivity contribution in [3.8, 4) is 0 Å². The van der Waals surface area contributed by atoms with Crippen LogP contribution >= 0.6 is 11.9 Å². The van der Waals surface area contributed by atoms with Crippen molar-refractivity contribution in [2.24, 2.45) is 0 Å². The fourth-order valence-electron chi connectivity index (χ4n) is 2.03. The Kier molecular flexibility index (Phi) is 4.14. The second-order valence-electron chi connectivity index (χ2n) is 4.64. The maximum absolute atomic E-state index is 14.0. The zero-order valence-corrected chi connectivity index (χ0v) is 12.2. The van der Waals surface area contributed by atoms with Crippen molar-refractivity contribution in [1.82, 2.24) is 4.72 Å². The Balaban J connectivity index is 1.88. The Labute approximate surface area is 132 Å². The molecule has 1 amide bonds. The second kappa shape index (κ2) is 6.09. The van der Waals surface area contributed by atoms with Crippen LogP contribution in [-0.4, -0.2) is 12.6 Å². The van der Waals surface area contributed by atoms with Crippen LogP contribution in [0.1, 0.15) is 10.4 Å². The maximum Gasteiger partial charge on any atom is 0.255 e. The monoisotopic (exact) mass is 343 g/mol. The molecule has 0 saturated heterocycles. The van der Waals surface area contributed by atoms with E-state index in [1.807, 2.05) is 0 Å². The average Bonchev–Trinajstić information content (AvgIpc) is 2.52. The highest BCUT2D eigenvalue weighted by Gasteiger charge is 2.19. The molecular formula is C14H9F4N3OS. The van der Waals surface area contributed by atoms with Crippen molar-refractivity contribution in [3.05, 3.63) is 53.1 Å². The molecule has 3 N–H and O–H groups in total. The summed E-state index contributed by atoms with van der Waals surface area (Å²) in [6.07, 6.45) is 0. The number of carbonyl (C=O) groups is 1. The van der Waals surface area contributed by atoms with E-state index in [1.54, 1.807) is 0 Å². The summed E-state index contributed by atoms with van der Waals surface area (Å²) in [5.41, 5.74) is -0.0398. The van der Waals surface area contributed by atoms with E-state index in [9.17, 15) is 22.4 Å². The van der Waals surface area contributed by atoms with Crippen molar-refractivity contribution < 1.29 is 22.4 Å². The Bertz CT molecular complexity index is 777. The lowest BCUT2D eigenvalue weighted by atomic mass is 10.1. The number of benzene rings is 2. The molecule has 0 radical (unpaired) electrons. The van der Waals surface area contributed by atoms with Gasteiger partial charge in [0.1, 0.15) is 5.82 Å². The standard InChI is InChI=1S/C14H9F4N3OS/c15-8-3-7(4-9(16)12(8)18)21-14(22)6-1-10(17)13-11(2-6)23-20-5-19-13/h1-4,19-20H,5H2,(H,21,22). The first-order chi connectivity index (χ1) is 11.0. The molecule has 1 aliphatic heterocycles. The van der Waals surface area contributed by atoms with E-state index in [1.165, 1.54) is 6.07 Å². The fourth-order valence-corrected chi connectivity index (χ4v) is 2.79. The number of fused-ring (bicyclic) bond motifs is 1. The highest BCUT2D eigenvalue weighted by molar-refractivity contribution is 7.97. The molecular weight excluding hydrogens is 334 g/mol. The number of anilines is 2. The van der Waals surface area contributed by atoms with Crippen molar-refractivity contribution in [1.29, 1.82) is 0 Å². The summed E-state index contributed by atoms with van der Waals surface area (Å²) in [7, 11) is 0. The lowest BCUT2D eigenvalue weighted by Crippen LogP contribution is -2.22. The summed E-state index contributed by atoms with van der Waals surface area (Å²) in [6.45, 7) is 0.369. The molecule has 0 aromatic heterocycles. The van der Waals surface area contributed by atoms with E-state index >= 15 is 0 Å². The van der Waals surface area contributed by atoms with Crippen LogP contribution in [0.3, 0.4) is 0 Å². The van der Waals surface area contributed by atoms with Crippen molar-refractivity contribution in [2.75, 3.05) is 17.3 Å². The number of hydrogen-bond acceptors (Lipinski definition) is 4. The summed E-state index contributed by atoms with van der Waals surface area (Å²) < 4.78 is 56.0. The summed E-state index contributed by atoms with van der Waals surface area (Å²) in [5, 5.41) is 4.99. The van der Waals surface area contributed by atoms with Gasteiger partial charge in [-0.25, -0.2) is 22.3 Å². The molecule has 0 saturated carbocycles. The summed E-state index contributed by atoms with van der Waals surface area (Å²) in [5.74, 6) is -5.89. The smallest absolute Gasteiger partial charge is 0.255 e. The molecule has 9 heteroatoms. The molecule has 1 aliphatic rings. The lowest BCUT2D eigenvalue weighted by molar-refractivity contribution is 0.102. The van der Waals surface area contributed by atoms with Gasteiger partial charge in [-0.05, 0) is 24.1 Å². The van der Waals surface area contributed by atoms with Gasteiger partial charge in [-0.15, -0.1) is 0 Å². The zero-order valence-electron chi connectivity index (χ0n) is 11.3. The largest absolute Gasteiger partial charge is 0.368 e. The van der Waals surface area contributed by atoms with Crippen LogP contribution in [0.2, 0.25) is 0 Å². The molecule has 23 heavy (non-hydrogen) atoms. The summed E-state index contributed by atoms with van der Waals surface area (Å²) in [6, 6.07) is 3.71. The third kappa shape index (κ3) is 3.10. The summed E-state index contributed by atoms with van der Waals surface area (Å²) in [4.78, 5) is 12.6. The van der Waals surface area contributed by atoms with Gasteiger partial charge in [0, 0.05) is 28.3 Å². The van der Waals surface area contributed by atoms with Crippen LogP contribution in [0.5, 0.6) is 0 Å². The first-order valence-corrected chi connectivity index (χ1v) is 7.20. The van der Waals surface area contributed by atoms with E-state index in [0.717, 1.165) is 18.0 Å². The van der Waals surface area contributed by atoms with Gasteiger partial charge in [0.25, 0.3) is 5.91 Å². The van der Waals surface area contributed by atoms with Crippen LogP contribution in [0.25, 0.3) is 0 Å². The van der Waals surface area contributed by atoms with E-state index in [4.69, 9.17) is 0 Å². The predicted molar refractivity (Wildman–Crippen MR) is 78.2 cm³/mol. The summed E-state index contributed by atoms with van der Waals surface area (Å²) >= 11 is 1.15. The topological polar surface area (TPSA) is 53.2 Å². The van der Waals surface area contributed by atoms with E-state index in [-0.39, 0.29) is 16.9 Å². The molecule has 0 bridgehead atoms. The van der Waals surface area contributed by atoms with Gasteiger partial charge in [0.15, 0.2) is 17.5 Å². The first kappa shape index (κ1) is 15.6. The quantitative estimate of drug-likeness (QED) is 0.444. The van der Waals surface area contributed by atoms with Gasteiger partial charge in [0.05, 0.1) is 12.4 Å².